The van der Waals surface area contributed by atoms with Crippen LogP contribution >= 0.6 is 0 Å². The number of carbonyl (C=O) groups excluding carboxylic acids is 2. The Morgan fingerprint density at radius 2 is 2.14 bits per heavy atom. The Kier molecular flexibility index (Phi) is 3.65. The molecule has 0 aromatic carbocycles. The van der Waals surface area contributed by atoms with Gasteiger partial charge in [-0.3, -0.25) is 9.59 Å². The zero-order chi connectivity index (χ0) is 14.9. The van der Waals surface area contributed by atoms with Gasteiger partial charge in [0.2, 0.25) is 18.2 Å². The predicted octanol–water partition coefficient (Wildman–Crippen LogP) is 1.01. The highest BCUT2D eigenvalue weighted by Gasteiger charge is 2.50. The molecule has 1 aliphatic carbocycles. The first kappa shape index (κ1) is 14.0. The van der Waals surface area contributed by atoms with Gasteiger partial charge in [0.1, 0.15) is 11.6 Å². The molecule has 1 N–H and O–H groups in total. The van der Waals surface area contributed by atoms with Gasteiger partial charge in [-0.25, -0.2) is 0 Å². The lowest BCUT2D eigenvalue weighted by Gasteiger charge is -2.47. The zero-order valence-corrected chi connectivity index (χ0v) is 12.2. The Hall–Kier alpha value is -1.92. The van der Waals surface area contributed by atoms with Crippen molar-refractivity contribution in [2.75, 3.05) is 0 Å². The predicted molar refractivity (Wildman–Crippen MR) is 72.9 cm³/mol. The van der Waals surface area contributed by atoms with E-state index in [0.29, 0.717) is 12.2 Å². The van der Waals surface area contributed by atoms with Crippen molar-refractivity contribution >= 4 is 11.8 Å². The number of nitrogens with one attached hydrogen (secondary N) is 1. The summed E-state index contributed by atoms with van der Waals surface area (Å²) < 4.78 is 4.72. The van der Waals surface area contributed by atoms with Crippen molar-refractivity contribution in [3.63, 3.8) is 0 Å². The van der Waals surface area contributed by atoms with Crippen molar-refractivity contribution in [2.45, 2.75) is 63.6 Å². The van der Waals surface area contributed by atoms with E-state index in [9.17, 15) is 9.59 Å². The second-order valence-electron chi connectivity index (χ2n) is 5.84. The standard InChI is InChI=1S/C14H20N4O3/c1-2-10-12(19)16-14(6-4-3-5-7-14)13(20)18(10)8-11-15-9-21-17-11/h9-10H,2-8H2,1H3,(H,16,19). The number of nitrogens with zero attached hydrogens (tertiary/aromatic N) is 3. The van der Waals surface area contributed by atoms with Crippen LogP contribution in [0.15, 0.2) is 10.9 Å². The van der Waals surface area contributed by atoms with Crippen LogP contribution in [0.5, 0.6) is 0 Å². The maximum Gasteiger partial charge on any atom is 0.249 e. The first-order chi connectivity index (χ1) is 10.2. The minimum absolute atomic E-state index is 0.00144. The molecule has 3 rings (SSSR count). The summed E-state index contributed by atoms with van der Waals surface area (Å²) in [4.78, 5) is 31.0. The molecule has 1 saturated heterocycles. The number of hydrogen-bond donors (Lipinski definition) is 1. The molecular weight excluding hydrogens is 272 g/mol. The van der Waals surface area contributed by atoms with Gasteiger partial charge in [-0.1, -0.05) is 31.3 Å². The number of carbonyl (C=O) groups is 2. The van der Waals surface area contributed by atoms with Gasteiger partial charge >= 0.3 is 0 Å². The van der Waals surface area contributed by atoms with Crippen LogP contribution < -0.4 is 5.32 Å². The number of amides is 2. The first-order valence-corrected chi connectivity index (χ1v) is 7.54. The van der Waals surface area contributed by atoms with E-state index < -0.39 is 11.6 Å². The summed E-state index contributed by atoms with van der Waals surface area (Å²) in [6.45, 7) is 2.13. The molecule has 7 heteroatoms. The van der Waals surface area contributed by atoms with Gasteiger partial charge in [-0.2, -0.15) is 4.98 Å². The summed E-state index contributed by atoms with van der Waals surface area (Å²) in [6.07, 6.45) is 6.31. The van der Waals surface area contributed by atoms with Crippen molar-refractivity contribution in [1.29, 1.82) is 0 Å². The largest absolute Gasteiger partial charge is 0.343 e. The van der Waals surface area contributed by atoms with Crippen LogP contribution in [0.2, 0.25) is 0 Å². The summed E-state index contributed by atoms with van der Waals surface area (Å²) in [7, 11) is 0. The molecule has 1 saturated carbocycles. The van der Waals surface area contributed by atoms with Crippen molar-refractivity contribution in [3.05, 3.63) is 12.2 Å². The maximum absolute atomic E-state index is 13.0. The molecule has 1 aromatic rings. The number of rotatable bonds is 3. The van der Waals surface area contributed by atoms with Crippen LogP contribution in [-0.2, 0) is 16.1 Å². The van der Waals surface area contributed by atoms with Gasteiger partial charge in [0.25, 0.3) is 0 Å². The van der Waals surface area contributed by atoms with Crippen LogP contribution in [0, 0.1) is 0 Å². The molecule has 0 bridgehead atoms. The molecule has 2 aliphatic rings. The Morgan fingerprint density at radius 3 is 2.76 bits per heavy atom. The number of hydrogen-bond acceptors (Lipinski definition) is 5. The lowest BCUT2D eigenvalue weighted by atomic mass is 9.78. The van der Waals surface area contributed by atoms with E-state index in [2.05, 4.69) is 15.5 Å². The molecule has 1 spiro atoms. The van der Waals surface area contributed by atoms with Gasteiger partial charge < -0.3 is 14.7 Å². The Morgan fingerprint density at radius 1 is 1.38 bits per heavy atom. The highest BCUT2D eigenvalue weighted by molar-refractivity contribution is 5.99. The van der Waals surface area contributed by atoms with E-state index in [1.54, 1.807) is 4.90 Å². The molecule has 114 valence electrons. The first-order valence-electron chi connectivity index (χ1n) is 7.54. The third-order valence-corrected chi connectivity index (χ3v) is 4.52. The normalized spacial score (nSPS) is 25.2. The molecule has 0 radical (unpaired) electrons. The second kappa shape index (κ2) is 5.46. The SMILES string of the molecule is CCC1C(=O)NC2(CCCCC2)C(=O)N1Cc1ncon1. The summed E-state index contributed by atoms with van der Waals surface area (Å²) in [5, 5.41) is 6.76. The Balaban J connectivity index is 1.88. The average molecular weight is 292 g/mol. The molecule has 1 aromatic heterocycles. The van der Waals surface area contributed by atoms with Crippen LogP contribution in [0.1, 0.15) is 51.3 Å². The van der Waals surface area contributed by atoms with Crippen molar-refractivity contribution in [2.24, 2.45) is 0 Å². The topological polar surface area (TPSA) is 88.3 Å². The van der Waals surface area contributed by atoms with Gasteiger partial charge in [-0.15, -0.1) is 0 Å². The Labute approximate surface area is 123 Å². The quantitative estimate of drug-likeness (QED) is 0.898. The van der Waals surface area contributed by atoms with Crippen LogP contribution in [0.4, 0.5) is 0 Å². The molecule has 2 amide bonds. The highest BCUT2D eigenvalue weighted by atomic mass is 16.5. The van der Waals surface area contributed by atoms with E-state index in [-0.39, 0.29) is 18.4 Å². The van der Waals surface area contributed by atoms with Gasteiger partial charge in [-0.05, 0) is 19.3 Å². The van der Waals surface area contributed by atoms with E-state index in [1.807, 2.05) is 6.92 Å². The van der Waals surface area contributed by atoms with Gasteiger partial charge in [0.15, 0.2) is 5.82 Å². The lowest BCUT2D eigenvalue weighted by Crippen LogP contribution is -2.70. The summed E-state index contributed by atoms with van der Waals surface area (Å²) in [5.41, 5.74) is -0.718. The third kappa shape index (κ3) is 2.41. The minimum Gasteiger partial charge on any atom is -0.343 e. The van der Waals surface area contributed by atoms with E-state index in [4.69, 9.17) is 4.52 Å². The van der Waals surface area contributed by atoms with Crippen molar-refractivity contribution in [3.8, 4) is 0 Å². The summed E-state index contributed by atoms with van der Waals surface area (Å²) >= 11 is 0. The molecule has 7 nitrogen and oxygen atoms in total. The molecule has 21 heavy (non-hydrogen) atoms. The number of aromatic nitrogens is 2. The van der Waals surface area contributed by atoms with E-state index >= 15 is 0 Å². The number of piperazine rings is 1. The lowest BCUT2D eigenvalue weighted by molar-refractivity contribution is -0.157. The van der Waals surface area contributed by atoms with Crippen LogP contribution in [0.3, 0.4) is 0 Å². The van der Waals surface area contributed by atoms with E-state index in [1.165, 1.54) is 6.39 Å². The molecule has 1 aliphatic heterocycles. The zero-order valence-electron chi connectivity index (χ0n) is 12.2. The second-order valence-corrected chi connectivity index (χ2v) is 5.84. The van der Waals surface area contributed by atoms with Gasteiger partial charge in [0, 0.05) is 0 Å². The Bertz CT molecular complexity index is 522. The molecule has 2 fully saturated rings. The van der Waals surface area contributed by atoms with Crippen LogP contribution in [0.25, 0.3) is 0 Å². The van der Waals surface area contributed by atoms with E-state index in [0.717, 1.165) is 32.1 Å². The fourth-order valence-electron chi connectivity index (χ4n) is 3.43. The molecule has 1 unspecified atom stereocenters. The van der Waals surface area contributed by atoms with Gasteiger partial charge in [0.05, 0.1) is 6.54 Å². The van der Waals surface area contributed by atoms with Crippen molar-refractivity contribution in [1.82, 2.24) is 20.4 Å². The summed E-state index contributed by atoms with van der Waals surface area (Å²) in [6, 6.07) is -0.455. The average Bonchev–Trinajstić information content (AvgIpc) is 2.99. The fraction of sp³-hybridized carbons (Fsp3) is 0.714. The van der Waals surface area contributed by atoms with Crippen LogP contribution in [-0.4, -0.2) is 38.4 Å². The fourth-order valence-corrected chi connectivity index (χ4v) is 3.43. The summed E-state index contributed by atoms with van der Waals surface area (Å²) in [5.74, 6) is 0.364. The van der Waals surface area contributed by atoms with Crippen molar-refractivity contribution < 1.29 is 14.1 Å². The highest BCUT2D eigenvalue weighted by Crippen LogP contribution is 2.34. The molecule has 2 heterocycles. The smallest absolute Gasteiger partial charge is 0.249 e. The third-order valence-electron chi connectivity index (χ3n) is 4.52. The minimum atomic E-state index is -0.718. The monoisotopic (exact) mass is 292 g/mol. The maximum atomic E-state index is 13.0. The molecular formula is C14H20N4O3. The molecule has 1 atom stereocenters.